The summed E-state index contributed by atoms with van der Waals surface area (Å²) in [7, 11) is 0. The summed E-state index contributed by atoms with van der Waals surface area (Å²) in [6.07, 6.45) is 0. The zero-order valence-electron chi connectivity index (χ0n) is 17.9. The average Bonchev–Trinajstić information content (AvgIpc) is 3.21. The molecule has 0 radical (unpaired) electrons. The van der Waals surface area contributed by atoms with Crippen molar-refractivity contribution in [2.75, 3.05) is 0 Å². The summed E-state index contributed by atoms with van der Waals surface area (Å²) < 4.78 is 11.8. The number of pyridine rings is 1. The van der Waals surface area contributed by atoms with Gasteiger partial charge in [0, 0.05) is 5.56 Å². The van der Waals surface area contributed by atoms with Crippen LogP contribution in [0, 0.1) is 6.92 Å². The van der Waals surface area contributed by atoms with Crippen LogP contribution in [0.25, 0.3) is 22.4 Å². The lowest BCUT2D eigenvalue weighted by atomic mass is 10.1. The van der Waals surface area contributed by atoms with E-state index < -0.39 is 5.97 Å². The Hall–Kier alpha value is -4.36. The number of imidazole rings is 1. The molecule has 0 saturated carbocycles. The van der Waals surface area contributed by atoms with Gasteiger partial charge in [-0.3, -0.25) is 0 Å². The number of hydrogen-bond donors (Lipinski definition) is 2. The van der Waals surface area contributed by atoms with Gasteiger partial charge in [-0.2, -0.15) is 4.98 Å². The molecule has 2 aromatic heterocycles. The number of aromatic carboxylic acids is 1. The molecule has 0 saturated heterocycles. The van der Waals surface area contributed by atoms with Gasteiger partial charge in [0.15, 0.2) is 5.65 Å². The average molecular weight is 472 g/mol. The van der Waals surface area contributed by atoms with Crippen molar-refractivity contribution in [1.29, 1.82) is 0 Å². The minimum absolute atomic E-state index is 0.159. The van der Waals surface area contributed by atoms with E-state index in [1.165, 1.54) is 6.07 Å². The smallest absolute Gasteiger partial charge is 0.336 e. The highest BCUT2D eigenvalue weighted by molar-refractivity contribution is 6.33. The summed E-state index contributed by atoms with van der Waals surface area (Å²) >= 11 is 6.58. The van der Waals surface area contributed by atoms with E-state index in [1.807, 2.05) is 54.6 Å². The van der Waals surface area contributed by atoms with Crippen molar-refractivity contribution >= 4 is 28.7 Å². The fourth-order valence-corrected chi connectivity index (χ4v) is 3.76. The van der Waals surface area contributed by atoms with E-state index in [0.29, 0.717) is 50.3 Å². The number of benzene rings is 3. The van der Waals surface area contributed by atoms with Gasteiger partial charge < -0.3 is 19.6 Å². The first kappa shape index (κ1) is 21.5. The van der Waals surface area contributed by atoms with Crippen LogP contribution in [0.1, 0.15) is 15.9 Å². The zero-order chi connectivity index (χ0) is 23.7. The second kappa shape index (κ2) is 8.88. The molecule has 2 heterocycles. The Kier molecular flexibility index (Phi) is 5.61. The largest absolute Gasteiger partial charge is 0.478 e. The Labute approximate surface area is 199 Å². The molecule has 5 rings (SSSR count). The van der Waals surface area contributed by atoms with Crippen LogP contribution < -0.4 is 9.47 Å². The Morgan fingerprint density at radius 2 is 1.68 bits per heavy atom. The number of H-pyrrole nitrogens is 1. The minimum atomic E-state index is -1.03. The van der Waals surface area contributed by atoms with Gasteiger partial charge in [0.2, 0.25) is 0 Å². The van der Waals surface area contributed by atoms with Gasteiger partial charge in [0.25, 0.3) is 0 Å². The summed E-state index contributed by atoms with van der Waals surface area (Å²) in [4.78, 5) is 23.5. The highest BCUT2D eigenvalue weighted by atomic mass is 35.5. The van der Waals surface area contributed by atoms with Crippen molar-refractivity contribution in [3.63, 3.8) is 0 Å². The van der Waals surface area contributed by atoms with Crippen LogP contribution in [0.2, 0.25) is 5.02 Å². The number of nitrogens with zero attached hydrogens (tertiary/aromatic N) is 2. The van der Waals surface area contributed by atoms with Crippen molar-refractivity contribution in [3.8, 4) is 34.5 Å². The standard InChI is InChI=1S/C26H18ClN3O4/c1-15-11-12-17(13-19(15)25(31)32)34-26-28-21-14-20(27)23(29-24(21)30-26)18-9-5-6-10-22(18)33-16-7-3-2-4-8-16/h2-14H,1H3,(H,31,32)(H,28,29,30). The van der Waals surface area contributed by atoms with Crippen LogP contribution in [0.5, 0.6) is 23.3 Å². The van der Waals surface area contributed by atoms with Crippen LogP contribution in [0.15, 0.2) is 78.9 Å². The number of fused-ring (bicyclic) bond motifs is 1. The quantitative estimate of drug-likeness (QED) is 0.280. The molecule has 0 atom stereocenters. The molecule has 7 nitrogen and oxygen atoms in total. The summed E-state index contributed by atoms with van der Waals surface area (Å²) in [5, 5.41) is 9.75. The van der Waals surface area contributed by atoms with Crippen LogP contribution in [-0.4, -0.2) is 26.0 Å². The molecule has 0 aliphatic heterocycles. The predicted octanol–water partition coefficient (Wildman–Crippen LogP) is 6.87. The monoisotopic (exact) mass is 471 g/mol. The first-order chi connectivity index (χ1) is 16.5. The maximum absolute atomic E-state index is 11.4. The normalized spacial score (nSPS) is 10.9. The molecule has 168 valence electrons. The first-order valence-corrected chi connectivity index (χ1v) is 10.8. The number of carboxylic acids is 1. The molecule has 3 aromatic carbocycles. The zero-order valence-corrected chi connectivity index (χ0v) is 18.7. The van der Waals surface area contributed by atoms with Crippen LogP contribution in [-0.2, 0) is 0 Å². The molecule has 0 fully saturated rings. The summed E-state index contributed by atoms with van der Waals surface area (Å²) in [5.74, 6) is 0.619. The summed E-state index contributed by atoms with van der Waals surface area (Å²) in [6, 6.07) is 23.6. The van der Waals surface area contributed by atoms with Gasteiger partial charge >= 0.3 is 12.0 Å². The molecular formula is C26H18ClN3O4. The van der Waals surface area contributed by atoms with Crippen molar-refractivity contribution in [3.05, 3.63) is 95.0 Å². The van der Waals surface area contributed by atoms with E-state index in [0.717, 1.165) is 0 Å². The Morgan fingerprint density at radius 3 is 2.47 bits per heavy atom. The number of para-hydroxylation sites is 2. The third kappa shape index (κ3) is 4.29. The molecule has 0 bridgehead atoms. The third-order valence-electron chi connectivity index (χ3n) is 5.17. The molecular weight excluding hydrogens is 454 g/mol. The number of halogens is 1. The lowest BCUT2D eigenvalue weighted by Gasteiger charge is -2.11. The third-order valence-corrected chi connectivity index (χ3v) is 5.46. The number of aromatic nitrogens is 3. The SMILES string of the molecule is Cc1ccc(Oc2nc3nc(-c4ccccc4Oc4ccccc4)c(Cl)cc3[nH]2)cc1C(=O)O. The topological polar surface area (TPSA) is 97.3 Å². The van der Waals surface area contributed by atoms with Crippen molar-refractivity contribution < 1.29 is 19.4 Å². The lowest BCUT2D eigenvalue weighted by molar-refractivity contribution is 0.0695. The van der Waals surface area contributed by atoms with Gasteiger partial charge in [-0.1, -0.05) is 48.0 Å². The van der Waals surface area contributed by atoms with E-state index in [2.05, 4.69) is 15.0 Å². The van der Waals surface area contributed by atoms with E-state index in [9.17, 15) is 9.90 Å². The molecule has 0 amide bonds. The van der Waals surface area contributed by atoms with Gasteiger partial charge in [-0.15, -0.1) is 0 Å². The van der Waals surface area contributed by atoms with Gasteiger partial charge in [-0.05, 0) is 55.0 Å². The lowest BCUT2D eigenvalue weighted by Crippen LogP contribution is -2.00. The molecule has 0 unspecified atom stereocenters. The van der Waals surface area contributed by atoms with Crippen molar-refractivity contribution in [2.45, 2.75) is 6.92 Å². The Bertz CT molecular complexity index is 1520. The number of carboxylic acid groups (broad SMARTS) is 1. The van der Waals surface area contributed by atoms with E-state index >= 15 is 0 Å². The number of carbonyl (C=O) groups is 1. The Morgan fingerprint density at radius 1 is 0.912 bits per heavy atom. The summed E-state index contributed by atoms with van der Waals surface area (Å²) in [5.41, 5.74) is 3.01. The number of nitrogens with one attached hydrogen (secondary N) is 1. The second-order valence-corrected chi connectivity index (χ2v) is 7.93. The van der Waals surface area contributed by atoms with Gasteiger partial charge in [0.05, 0.1) is 21.8 Å². The molecule has 5 aromatic rings. The molecule has 0 spiro atoms. The maximum Gasteiger partial charge on any atom is 0.336 e. The maximum atomic E-state index is 11.4. The highest BCUT2D eigenvalue weighted by Crippen LogP contribution is 2.37. The summed E-state index contributed by atoms with van der Waals surface area (Å²) in [6.45, 7) is 1.72. The van der Waals surface area contributed by atoms with Crippen molar-refractivity contribution in [2.24, 2.45) is 0 Å². The van der Waals surface area contributed by atoms with Crippen LogP contribution in [0.3, 0.4) is 0 Å². The van der Waals surface area contributed by atoms with Gasteiger partial charge in [0.1, 0.15) is 17.2 Å². The second-order valence-electron chi connectivity index (χ2n) is 7.53. The number of ether oxygens (including phenoxy) is 2. The number of aryl methyl sites for hydroxylation is 1. The van der Waals surface area contributed by atoms with E-state index in [-0.39, 0.29) is 11.6 Å². The van der Waals surface area contributed by atoms with Crippen molar-refractivity contribution in [1.82, 2.24) is 15.0 Å². The predicted molar refractivity (Wildman–Crippen MR) is 129 cm³/mol. The number of hydrogen-bond acceptors (Lipinski definition) is 5. The van der Waals surface area contributed by atoms with E-state index in [4.69, 9.17) is 21.1 Å². The Balaban J connectivity index is 1.49. The van der Waals surface area contributed by atoms with Crippen LogP contribution >= 0.6 is 11.6 Å². The first-order valence-electron chi connectivity index (χ1n) is 10.4. The van der Waals surface area contributed by atoms with Gasteiger partial charge in [-0.25, -0.2) is 9.78 Å². The fourth-order valence-electron chi connectivity index (χ4n) is 3.51. The fraction of sp³-hybridized carbons (Fsp3) is 0.0385. The van der Waals surface area contributed by atoms with Crippen LogP contribution in [0.4, 0.5) is 0 Å². The molecule has 8 heteroatoms. The molecule has 2 N–H and O–H groups in total. The minimum Gasteiger partial charge on any atom is -0.478 e. The highest BCUT2D eigenvalue weighted by Gasteiger charge is 2.16. The number of rotatable bonds is 6. The molecule has 0 aliphatic rings. The molecule has 34 heavy (non-hydrogen) atoms. The molecule has 0 aliphatic carbocycles. The number of aromatic amines is 1. The van der Waals surface area contributed by atoms with E-state index in [1.54, 1.807) is 25.1 Å².